The summed E-state index contributed by atoms with van der Waals surface area (Å²) in [5.74, 6) is 1.55. The van der Waals surface area contributed by atoms with Crippen molar-refractivity contribution in [1.29, 1.82) is 0 Å². The van der Waals surface area contributed by atoms with Crippen molar-refractivity contribution in [2.75, 3.05) is 0 Å². The van der Waals surface area contributed by atoms with E-state index >= 15 is 0 Å². The van der Waals surface area contributed by atoms with Gasteiger partial charge < -0.3 is 0 Å². The fourth-order valence-electron chi connectivity index (χ4n) is 6.66. The molecule has 0 N–H and O–H groups in total. The number of hydrogen-bond acceptors (Lipinski definition) is 2. The summed E-state index contributed by atoms with van der Waals surface area (Å²) in [7, 11) is -1.15. The maximum absolute atomic E-state index is 12.7. The first kappa shape index (κ1) is 20.0. The van der Waals surface area contributed by atoms with Crippen molar-refractivity contribution in [2.24, 2.45) is 22.7 Å². The molecule has 0 saturated heterocycles. The molecule has 0 heterocycles. The molecule has 1 aromatic carbocycles. The minimum Gasteiger partial charge on any atom is -0.295 e. The monoisotopic (exact) mass is 418 g/mol. The van der Waals surface area contributed by atoms with E-state index in [9.17, 15) is 9.00 Å². The summed E-state index contributed by atoms with van der Waals surface area (Å²) >= 11 is 0. The molecule has 4 aliphatic carbocycles. The lowest BCUT2D eigenvalue weighted by molar-refractivity contribution is -0.115. The van der Waals surface area contributed by atoms with Crippen molar-refractivity contribution < 1.29 is 9.00 Å². The summed E-state index contributed by atoms with van der Waals surface area (Å²) < 4.78 is 12.7. The summed E-state index contributed by atoms with van der Waals surface area (Å²) in [4.78, 5) is 12.8. The molecule has 0 radical (unpaired) electrons. The Balaban J connectivity index is 1.47. The van der Waals surface area contributed by atoms with Crippen LogP contribution in [0.1, 0.15) is 58.8 Å². The maximum Gasteiger partial charge on any atom is 0.155 e. The SMILES string of the molecule is C[C@]12CCC(=O)C=C1CC[C@@H]1C2=CC[C@]2(C)C(=C=C[S@@](=O)c3ccccc3)CC[C@H]12. The lowest BCUT2D eigenvalue weighted by atomic mass is 9.52. The van der Waals surface area contributed by atoms with E-state index in [0.717, 1.165) is 37.0 Å². The van der Waals surface area contributed by atoms with Gasteiger partial charge in [0.25, 0.3) is 0 Å². The molecule has 1 aromatic rings. The van der Waals surface area contributed by atoms with Crippen LogP contribution in [0.25, 0.3) is 0 Å². The molecule has 0 spiro atoms. The van der Waals surface area contributed by atoms with Crippen molar-refractivity contribution in [2.45, 2.75) is 63.7 Å². The van der Waals surface area contributed by atoms with E-state index in [-0.39, 0.29) is 10.8 Å². The number of carbonyl (C=O) groups is 1. The van der Waals surface area contributed by atoms with Gasteiger partial charge in [0.2, 0.25) is 0 Å². The van der Waals surface area contributed by atoms with Crippen LogP contribution in [0.15, 0.2) is 75.2 Å². The van der Waals surface area contributed by atoms with E-state index in [1.54, 1.807) is 11.0 Å². The van der Waals surface area contributed by atoms with E-state index in [1.807, 2.05) is 36.4 Å². The Kier molecular flexibility index (Phi) is 4.87. The van der Waals surface area contributed by atoms with Crippen molar-refractivity contribution in [1.82, 2.24) is 0 Å². The van der Waals surface area contributed by atoms with Gasteiger partial charge in [0, 0.05) is 27.6 Å². The van der Waals surface area contributed by atoms with Gasteiger partial charge in [0.05, 0.1) is 10.8 Å². The number of allylic oxidation sites excluding steroid dienone is 5. The highest BCUT2D eigenvalue weighted by atomic mass is 32.2. The van der Waals surface area contributed by atoms with Crippen LogP contribution in [0.5, 0.6) is 0 Å². The van der Waals surface area contributed by atoms with Crippen molar-refractivity contribution in [3.8, 4) is 0 Å². The summed E-state index contributed by atoms with van der Waals surface area (Å²) in [6, 6.07) is 9.64. The van der Waals surface area contributed by atoms with Crippen LogP contribution >= 0.6 is 0 Å². The topological polar surface area (TPSA) is 34.1 Å². The number of hydrogen-bond donors (Lipinski definition) is 0. The molecule has 3 heteroatoms. The van der Waals surface area contributed by atoms with Crippen LogP contribution in [-0.4, -0.2) is 9.99 Å². The molecular formula is C27H30O2S. The number of benzene rings is 1. The second-order valence-electron chi connectivity index (χ2n) is 9.89. The number of ketones is 1. The van der Waals surface area contributed by atoms with Crippen LogP contribution in [0, 0.1) is 22.7 Å². The molecule has 156 valence electrons. The minimum absolute atomic E-state index is 0.0925. The molecule has 5 atom stereocenters. The predicted octanol–water partition coefficient (Wildman–Crippen LogP) is 6.29. The van der Waals surface area contributed by atoms with E-state index in [4.69, 9.17) is 0 Å². The first-order valence-electron chi connectivity index (χ1n) is 11.3. The highest BCUT2D eigenvalue weighted by Crippen LogP contribution is 2.64. The third-order valence-electron chi connectivity index (χ3n) is 8.44. The molecular weight excluding hydrogens is 388 g/mol. The fourth-order valence-corrected chi connectivity index (χ4v) is 7.47. The van der Waals surface area contributed by atoms with Gasteiger partial charge in [-0.25, -0.2) is 4.21 Å². The maximum atomic E-state index is 12.7. The number of carbonyl (C=O) groups excluding carboxylic acids is 1. The first-order chi connectivity index (χ1) is 14.4. The van der Waals surface area contributed by atoms with Crippen LogP contribution in [-0.2, 0) is 15.6 Å². The molecule has 2 fully saturated rings. The Morgan fingerprint density at radius 1 is 1.10 bits per heavy atom. The third-order valence-corrected chi connectivity index (χ3v) is 9.51. The highest BCUT2D eigenvalue weighted by Gasteiger charge is 2.54. The van der Waals surface area contributed by atoms with Crippen LogP contribution in [0.2, 0.25) is 0 Å². The molecule has 0 aliphatic heterocycles. The van der Waals surface area contributed by atoms with E-state index in [0.29, 0.717) is 24.0 Å². The smallest absolute Gasteiger partial charge is 0.155 e. The van der Waals surface area contributed by atoms with E-state index in [2.05, 4.69) is 25.7 Å². The molecule has 2 nitrogen and oxygen atoms in total. The zero-order valence-corrected chi connectivity index (χ0v) is 18.8. The van der Waals surface area contributed by atoms with Crippen molar-refractivity contribution in [3.05, 3.63) is 70.3 Å². The Labute approximate surface area is 182 Å². The summed E-state index contributed by atoms with van der Waals surface area (Å²) in [5, 5.41) is 1.77. The van der Waals surface area contributed by atoms with Gasteiger partial charge in [0.1, 0.15) is 0 Å². The van der Waals surface area contributed by atoms with Crippen LogP contribution < -0.4 is 0 Å². The molecule has 2 saturated carbocycles. The lowest BCUT2D eigenvalue weighted by Gasteiger charge is -2.52. The number of rotatable bonds is 2. The average Bonchev–Trinajstić information content (AvgIpc) is 3.09. The zero-order chi connectivity index (χ0) is 20.9. The van der Waals surface area contributed by atoms with Gasteiger partial charge >= 0.3 is 0 Å². The van der Waals surface area contributed by atoms with Crippen molar-refractivity contribution >= 4 is 16.6 Å². The van der Waals surface area contributed by atoms with Crippen LogP contribution in [0.3, 0.4) is 0 Å². The molecule has 5 rings (SSSR count). The fraction of sp³-hybridized carbons (Fsp3) is 0.481. The van der Waals surface area contributed by atoms with Gasteiger partial charge in [-0.05, 0) is 74.1 Å². The first-order valence-corrected chi connectivity index (χ1v) is 12.5. The molecule has 30 heavy (non-hydrogen) atoms. The van der Waals surface area contributed by atoms with Crippen molar-refractivity contribution in [3.63, 3.8) is 0 Å². The van der Waals surface area contributed by atoms with Gasteiger partial charge in [-0.1, -0.05) is 49.3 Å². The molecule has 0 amide bonds. The zero-order valence-electron chi connectivity index (χ0n) is 17.9. The average molecular weight is 419 g/mol. The lowest BCUT2D eigenvalue weighted by Crippen LogP contribution is -2.43. The minimum atomic E-state index is -1.15. The second-order valence-corrected chi connectivity index (χ2v) is 11.2. The van der Waals surface area contributed by atoms with E-state index < -0.39 is 10.8 Å². The Bertz CT molecular complexity index is 1040. The van der Waals surface area contributed by atoms with Gasteiger partial charge in [-0.2, -0.15) is 0 Å². The largest absolute Gasteiger partial charge is 0.295 e. The highest BCUT2D eigenvalue weighted by molar-refractivity contribution is 7.88. The molecule has 0 bridgehead atoms. The molecule has 0 unspecified atom stereocenters. The van der Waals surface area contributed by atoms with Gasteiger partial charge in [0.15, 0.2) is 5.78 Å². The Morgan fingerprint density at radius 2 is 1.90 bits per heavy atom. The third kappa shape index (κ3) is 3.06. The molecule has 0 aromatic heterocycles. The Hall–Kier alpha value is -1.96. The van der Waals surface area contributed by atoms with Gasteiger partial charge in [-0.3, -0.25) is 4.79 Å². The van der Waals surface area contributed by atoms with Gasteiger partial charge in [-0.15, -0.1) is 5.73 Å². The normalized spacial score (nSPS) is 35.9. The predicted molar refractivity (Wildman–Crippen MR) is 121 cm³/mol. The quantitative estimate of drug-likeness (QED) is 0.418. The summed E-state index contributed by atoms with van der Waals surface area (Å²) in [5.41, 5.74) is 8.03. The summed E-state index contributed by atoms with van der Waals surface area (Å²) in [6.45, 7) is 4.78. The summed E-state index contributed by atoms with van der Waals surface area (Å²) in [6.07, 6.45) is 11.6. The number of fused-ring (bicyclic) bond motifs is 5. The Morgan fingerprint density at radius 3 is 2.70 bits per heavy atom. The standard InChI is InChI=1S/C27H30O2S/c1-26-16-13-25-23(10-8-20-18-21(28)12-15-27(20,25)2)24(26)11-9-19(26)14-17-30(29)22-6-4-3-5-7-22/h3-7,13,17-18,23-24H,8-12,15-16H2,1-2H3/t14?,23-,24+,26+,27-,30+/m0/s1. The van der Waals surface area contributed by atoms with Crippen LogP contribution in [0.4, 0.5) is 0 Å². The molecule has 4 aliphatic rings. The van der Waals surface area contributed by atoms with E-state index in [1.165, 1.54) is 17.6 Å². The second kappa shape index (κ2) is 7.32.